The van der Waals surface area contributed by atoms with Crippen molar-refractivity contribution in [2.75, 3.05) is 25.1 Å². The predicted octanol–water partition coefficient (Wildman–Crippen LogP) is 3.98. The minimum absolute atomic E-state index is 0.229. The van der Waals surface area contributed by atoms with Crippen molar-refractivity contribution in [3.63, 3.8) is 0 Å². The lowest BCUT2D eigenvalue weighted by atomic mass is 9.89. The van der Waals surface area contributed by atoms with Crippen LogP contribution in [0.2, 0.25) is 0 Å². The van der Waals surface area contributed by atoms with Gasteiger partial charge in [0.05, 0.1) is 16.9 Å². The van der Waals surface area contributed by atoms with Crippen LogP contribution < -0.4 is 9.64 Å². The number of methoxy groups -OCH3 is 1. The molecule has 0 N–H and O–H groups in total. The molecule has 0 radical (unpaired) electrons. The normalized spacial score (nSPS) is 15.5. The van der Waals surface area contributed by atoms with Gasteiger partial charge in [0.2, 0.25) is 9.84 Å². The third-order valence-electron chi connectivity index (χ3n) is 5.11. The predicted molar refractivity (Wildman–Crippen MR) is 103 cm³/mol. The number of benzene rings is 2. The van der Waals surface area contributed by atoms with Gasteiger partial charge in [-0.15, -0.1) is 0 Å². The molecule has 0 saturated carbocycles. The molecule has 2 aromatic rings. The molecule has 0 bridgehead atoms. The van der Waals surface area contributed by atoms with E-state index in [0.717, 1.165) is 30.2 Å². The van der Waals surface area contributed by atoms with Gasteiger partial charge in [-0.25, -0.2) is 8.42 Å². The van der Waals surface area contributed by atoms with E-state index >= 15 is 0 Å². The smallest absolute Gasteiger partial charge is 0.341 e. The highest BCUT2D eigenvalue weighted by atomic mass is 32.2. The van der Waals surface area contributed by atoms with Crippen LogP contribution in [0.15, 0.2) is 47.4 Å². The van der Waals surface area contributed by atoms with Crippen molar-refractivity contribution in [2.45, 2.75) is 29.4 Å². The average Bonchev–Trinajstić information content (AvgIpc) is 2.73. The van der Waals surface area contributed by atoms with Crippen LogP contribution in [0.25, 0.3) is 0 Å². The summed E-state index contributed by atoms with van der Waals surface area (Å²) < 4.78 is 54.1. The topological polar surface area (TPSA) is 89.8 Å². The molecule has 1 saturated heterocycles. The van der Waals surface area contributed by atoms with Crippen LogP contribution in [0, 0.1) is 10.1 Å². The molecular formula is C19H20F2N2O5S. The summed E-state index contributed by atoms with van der Waals surface area (Å²) in [6.45, 7) is 1.04. The number of halogens is 2. The summed E-state index contributed by atoms with van der Waals surface area (Å²) in [5, 5.41) is 11.5. The summed E-state index contributed by atoms with van der Waals surface area (Å²) in [5.41, 5.74) is 0.857. The Morgan fingerprint density at radius 2 is 1.86 bits per heavy atom. The van der Waals surface area contributed by atoms with Gasteiger partial charge in [-0.2, -0.15) is 8.78 Å². The minimum Gasteiger partial charge on any atom is -0.497 e. The lowest BCUT2D eigenvalue weighted by molar-refractivity contribution is -0.384. The fourth-order valence-electron chi connectivity index (χ4n) is 3.55. The molecule has 1 fully saturated rings. The maximum Gasteiger partial charge on any atom is 0.341 e. The molecule has 10 heteroatoms. The van der Waals surface area contributed by atoms with Crippen molar-refractivity contribution in [3.05, 3.63) is 58.1 Å². The number of anilines is 1. The summed E-state index contributed by atoms with van der Waals surface area (Å²) in [6, 6.07) is 10.7. The van der Waals surface area contributed by atoms with E-state index in [1.807, 2.05) is 24.3 Å². The zero-order valence-corrected chi connectivity index (χ0v) is 16.4. The highest BCUT2D eigenvalue weighted by Gasteiger charge is 2.31. The number of hydrogen-bond donors (Lipinski definition) is 0. The maximum absolute atomic E-state index is 12.8. The number of ether oxygens (including phenoxy) is 1. The summed E-state index contributed by atoms with van der Waals surface area (Å²) >= 11 is 0. The van der Waals surface area contributed by atoms with E-state index in [9.17, 15) is 27.3 Å². The lowest BCUT2D eigenvalue weighted by Crippen LogP contribution is -2.33. The van der Waals surface area contributed by atoms with Gasteiger partial charge in [0, 0.05) is 19.2 Å². The first-order chi connectivity index (χ1) is 13.7. The average molecular weight is 426 g/mol. The van der Waals surface area contributed by atoms with Crippen LogP contribution in [0.4, 0.5) is 20.2 Å². The molecule has 156 valence electrons. The Balaban J connectivity index is 1.82. The van der Waals surface area contributed by atoms with E-state index in [1.165, 1.54) is 6.07 Å². The fraction of sp³-hybridized carbons (Fsp3) is 0.368. The Kier molecular flexibility index (Phi) is 6.02. The minimum atomic E-state index is -4.90. The number of nitro groups is 1. The van der Waals surface area contributed by atoms with Crippen molar-refractivity contribution < 1.29 is 26.9 Å². The van der Waals surface area contributed by atoms with Crippen molar-refractivity contribution in [1.82, 2.24) is 0 Å². The monoisotopic (exact) mass is 426 g/mol. The van der Waals surface area contributed by atoms with E-state index in [2.05, 4.69) is 0 Å². The van der Waals surface area contributed by atoms with Crippen LogP contribution in [-0.2, 0) is 9.84 Å². The molecule has 0 spiro atoms. The molecule has 1 heterocycles. The molecule has 0 atom stereocenters. The molecule has 0 unspecified atom stereocenters. The first kappa shape index (κ1) is 21.0. The number of alkyl halides is 2. The van der Waals surface area contributed by atoms with E-state index in [1.54, 1.807) is 12.0 Å². The summed E-state index contributed by atoms with van der Waals surface area (Å²) in [4.78, 5) is 11.7. The van der Waals surface area contributed by atoms with Crippen molar-refractivity contribution in [3.8, 4) is 5.75 Å². The third kappa shape index (κ3) is 4.31. The Labute approximate surface area is 167 Å². The highest BCUT2D eigenvalue weighted by Crippen LogP contribution is 2.37. The zero-order valence-electron chi connectivity index (χ0n) is 15.6. The van der Waals surface area contributed by atoms with Crippen molar-refractivity contribution in [1.29, 1.82) is 0 Å². The Bertz CT molecular complexity index is 1010. The summed E-state index contributed by atoms with van der Waals surface area (Å²) in [7, 11) is -3.30. The van der Waals surface area contributed by atoms with Crippen LogP contribution in [-0.4, -0.2) is 39.3 Å². The Morgan fingerprint density at radius 3 is 2.45 bits per heavy atom. The summed E-state index contributed by atoms with van der Waals surface area (Å²) in [5.74, 6) is -2.61. The molecule has 0 aromatic heterocycles. The van der Waals surface area contributed by atoms with Crippen molar-refractivity contribution >= 4 is 21.2 Å². The largest absolute Gasteiger partial charge is 0.497 e. The molecule has 29 heavy (non-hydrogen) atoms. The first-order valence-corrected chi connectivity index (χ1v) is 10.5. The van der Waals surface area contributed by atoms with Crippen LogP contribution in [0.1, 0.15) is 24.3 Å². The standard InChI is InChI=1S/C19H20F2N2O5S/c1-28-15-4-2-3-14(11-15)13-7-9-22(10-8-13)17-6-5-16(12-18(17)23(24)25)29(26,27)19(20)21/h2-6,11-13,19H,7-10H2,1H3. The van der Waals surface area contributed by atoms with Crippen LogP contribution in [0.5, 0.6) is 5.75 Å². The van der Waals surface area contributed by atoms with E-state index in [-0.39, 0.29) is 11.6 Å². The molecule has 0 amide bonds. The van der Waals surface area contributed by atoms with Gasteiger partial charge in [0.25, 0.3) is 5.69 Å². The number of nitrogens with zero attached hydrogens (tertiary/aromatic N) is 2. The molecule has 7 nitrogen and oxygen atoms in total. The lowest BCUT2D eigenvalue weighted by Gasteiger charge is -2.33. The van der Waals surface area contributed by atoms with Gasteiger partial charge < -0.3 is 9.64 Å². The van der Waals surface area contributed by atoms with Gasteiger partial charge in [-0.3, -0.25) is 10.1 Å². The second kappa shape index (κ2) is 8.32. The maximum atomic E-state index is 12.8. The number of piperidine rings is 1. The molecule has 2 aromatic carbocycles. The highest BCUT2D eigenvalue weighted by molar-refractivity contribution is 7.91. The van der Waals surface area contributed by atoms with Gasteiger partial charge in [0.1, 0.15) is 11.4 Å². The number of hydrogen-bond acceptors (Lipinski definition) is 6. The zero-order chi connectivity index (χ0) is 21.2. The Hall–Kier alpha value is -2.75. The molecule has 1 aliphatic rings. The van der Waals surface area contributed by atoms with Gasteiger partial charge in [-0.1, -0.05) is 12.1 Å². The molecular weight excluding hydrogens is 406 g/mol. The first-order valence-electron chi connectivity index (χ1n) is 8.93. The molecule has 1 aliphatic heterocycles. The van der Waals surface area contributed by atoms with Gasteiger partial charge in [-0.05, 0) is 48.6 Å². The molecule has 3 rings (SSSR count). The second-order valence-corrected chi connectivity index (χ2v) is 8.67. The number of nitro benzene ring substituents is 1. The number of rotatable bonds is 6. The molecule has 0 aliphatic carbocycles. The Morgan fingerprint density at radius 1 is 1.17 bits per heavy atom. The van der Waals surface area contributed by atoms with Crippen LogP contribution >= 0.6 is 0 Å². The van der Waals surface area contributed by atoms with E-state index < -0.39 is 31.1 Å². The SMILES string of the molecule is COc1cccc(C2CCN(c3ccc(S(=O)(=O)C(F)F)cc3[N+](=O)[O-])CC2)c1. The van der Waals surface area contributed by atoms with Gasteiger partial charge >= 0.3 is 5.76 Å². The van der Waals surface area contributed by atoms with Crippen molar-refractivity contribution in [2.24, 2.45) is 0 Å². The second-order valence-electron chi connectivity index (χ2n) is 6.75. The van der Waals surface area contributed by atoms with E-state index in [4.69, 9.17) is 4.74 Å². The third-order valence-corrected chi connectivity index (χ3v) is 6.49. The van der Waals surface area contributed by atoms with E-state index in [0.29, 0.717) is 19.2 Å². The fourth-order valence-corrected chi connectivity index (χ4v) is 4.29. The number of sulfone groups is 1. The summed E-state index contributed by atoms with van der Waals surface area (Å²) in [6.07, 6.45) is 1.48. The van der Waals surface area contributed by atoms with Gasteiger partial charge in [0.15, 0.2) is 0 Å². The van der Waals surface area contributed by atoms with Crippen LogP contribution in [0.3, 0.4) is 0 Å². The quantitative estimate of drug-likeness (QED) is 0.513.